The van der Waals surface area contributed by atoms with Gasteiger partial charge in [0.05, 0.1) is 0 Å². The Labute approximate surface area is 410 Å². The van der Waals surface area contributed by atoms with Crippen LogP contribution < -0.4 is 0 Å². The monoisotopic (exact) mass is 919 g/mol. The van der Waals surface area contributed by atoms with Crippen LogP contribution in [-0.4, -0.2) is 4.70 Å². The molecule has 0 aromatic heterocycles. The van der Waals surface area contributed by atoms with Crippen LogP contribution in [0, 0.1) is 11.8 Å². The Morgan fingerprint density at radius 3 is 1.14 bits per heavy atom. The molecule has 0 amide bonds. The molecule has 64 heavy (non-hydrogen) atoms. The first-order valence-electron chi connectivity index (χ1n) is 27.8. The van der Waals surface area contributed by atoms with E-state index in [2.05, 4.69) is 88.1 Å². The molecular weight excluding hydrogens is 819 g/mol. The molecule has 0 unspecified atom stereocenters. The van der Waals surface area contributed by atoms with Gasteiger partial charge in [0.15, 0.2) is 0 Å². The zero-order valence-electron chi connectivity index (χ0n) is 44.4. The molecule has 0 fully saturated rings. The third-order valence-electron chi connectivity index (χ3n) is 13.7. The van der Waals surface area contributed by atoms with E-state index in [1.54, 1.807) is 0 Å². The van der Waals surface area contributed by atoms with Crippen molar-refractivity contribution in [1.82, 2.24) is 0 Å². The van der Waals surface area contributed by atoms with Crippen LogP contribution in [0.3, 0.4) is 0 Å². The summed E-state index contributed by atoms with van der Waals surface area (Å²) in [4.78, 5) is 0. The van der Waals surface area contributed by atoms with Crippen molar-refractivity contribution in [1.29, 1.82) is 0 Å². The molecule has 0 bridgehead atoms. The summed E-state index contributed by atoms with van der Waals surface area (Å²) in [6, 6.07) is 17.9. The van der Waals surface area contributed by atoms with Crippen LogP contribution in [0.15, 0.2) is 59.7 Å². The van der Waals surface area contributed by atoms with Gasteiger partial charge in [-0.25, -0.2) is 4.70 Å². The standard InChI is InChI=1S/C61H98N2.Ni.2H/c1-5-9-13-16-17-18-19-20-21-22-23-24-25-26-27-28-29-30-31-32-33-34-35-36-37-38-41-51-59-58(50-12-8-4)60(56-48-42-46-54(52-56)44-39-14-10-6-2)63(62)61(59)57-49-43-47-55(53-57)45-40-15-11-7-3;;;/h42-43,46-49,52-53H,5-40,44-45,50H2,1-4H3;;;/q;;2*-1. The number of rotatable bonds is 40. The summed E-state index contributed by atoms with van der Waals surface area (Å²) in [6.45, 7) is 9.13. The van der Waals surface area contributed by atoms with Gasteiger partial charge < -0.3 is 8.38 Å². The van der Waals surface area contributed by atoms with E-state index < -0.39 is 0 Å². The molecule has 2 nitrogen and oxygen atoms in total. The Hall–Kier alpha value is -2.43. The predicted molar refractivity (Wildman–Crippen MR) is 281 cm³/mol. The van der Waals surface area contributed by atoms with Gasteiger partial charge in [-0.1, -0.05) is 263 Å². The summed E-state index contributed by atoms with van der Waals surface area (Å²) < 4.78 is 1.52. The van der Waals surface area contributed by atoms with E-state index in [1.807, 2.05) is 0 Å². The van der Waals surface area contributed by atoms with Gasteiger partial charge in [-0.3, -0.25) is 0 Å². The fraction of sp³-hybridized carbons (Fsp3) is 0.705. The quantitative estimate of drug-likeness (QED) is 0.0275. The molecule has 0 N–H and O–H groups in total. The molecule has 3 rings (SSSR count). The van der Waals surface area contributed by atoms with Crippen molar-refractivity contribution in [3.8, 4) is 11.8 Å². The second-order valence-electron chi connectivity index (χ2n) is 19.5. The van der Waals surface area contributed by atoms with E-state index in [-0.39, 0.29) is 19.3 Å². The molecule has 0 radical (unpaired) electrons. The number of hydrogen-bond donors (Lipinski definition) is 0. The first-order chi connectivity index (χ1) is 31.1. The fourth-order valence-corrected chi connectivity index (χ4v) is 9.67. The molecule has 2 aromatic carbocycles. The molecule has 3 heteroatoms. The number of aryl methyl sites for hydroxylation is 2. The first kappa shape index (κ1) is 57.7. The van der Waals surface area contributed by atoms with Gasteiger partial charge in [0.25, 0.3) is 0 Å². The second kappa shape index (κ2) is 39.7. The molecule has 2 aromatic rings. The van der Waals surface area contributed by atoms with Crippen molar-refractivity contribution < 1.29 is 24.0 Å². The molecule has 0 saturated heterocycles. The molecule has 1 aliphatic rings. The molecule has 0 aliphatic carbocycles. The Balaban J connectivity index is 0.0000141. The number of unbranched alkanes of at least 4 members (excludes halogenated alkanes) is 32. The fourth-order valence-electron chi connectivity index (χ4n) is 9.67. The van der Waals surface area contributed by atoms with Crippen LogP contribution in [0.4, 0.5) is 0 Å². The Morgan fingerprint density at radius 2 is 0.750 bits per heavy atom. The van der Waals surface area contributed by atoms with Crippen molar-refractivity contribution in [2.75, 3.05) is 0 Å². The average Bonchev–Trinajstić information content (AvgIpc) is 3.58. The van der Waals surface area contributed by atoms with Crippen LogP contribution in [0.2, 0.25) is 0 Å². The predicted octanol–water partition coefficient (Wildman–Crippen LogP) is 20.7. The summed E-state index contributed by atoms with van der Waals surface area (Å²) >= 11 is 0. The van der Waals surface area contributed by atoms with Gasteiger partial charge in [-0.05, 0) is 80.3 Å². The Bertz CT molecular complexity index is 1620. The van der Waals surface area contributed by atoms with Gasteiger partial charge in [0, 0.05) is 39.6 Å². The van der Waals surface area contributed by atoms with Crippen molar-refractivity contribution in [3.63, 3.8) is 0 Å². The van der Waals surface area contributed by atoms with E-state index >= 15 is 0 Å². The Morgan fingerprint density at radius 1 is 0.406 bits per heavy atom. The minimum atomic E-state index is 0. The largest absolute Gasteiger partial charge is 1.00 e. The maximum atomic E-state index is 12.2. The molecule has 0 spiro atoms. The number of hydrogen-bond acceptors (Lipinski definition) is 0. The zero-order chi connectivity index (χ0) is 44.8. The van der Waals surface area contributed by atoms with Crippen LogP contribution in [0.5, 0.6) is 0 Å². The van der Waals surface area contributed by atoms with E-state index in [0.717, 1.165) is 73.0 Å². The number of nitrogens with zero attached hydrogens (tertiary/aromatic N) is 2. The third-order valence-corrected chi connectivity index (χ3v) is 13.7. The Kier molecular flexibility index (Phi) is 35.8. The van der Waals surface area contributed by atoms with Crippen molar-refractivity contribution >= 4 is 11.4 Å². The van der Waals surface area contributed by atoms with E-state index in [4.69, 9.17) is 0 Å². The molecule has 1 aliphatic heterocycles. The van der Waals surface area contributed by atoms with Crippen LogP contribution in [0.25, 0.3) is 16.9 Å². The summed E-state index contributed by atoms with van der Waals surface area (Å²) in [5, 5.41) is 0. The first-order valence-corrected chi connectivity index (χ1v) is 27.8. The van der Waals surface area contributed by atoms with E-state index in [9.17, 15) is 5.53 Å². The van der Waals surface area contributed by atoms with E-state index in [0.29, 0.717) is 0 Å². The molecule has 0 saturated carbocycles. The summed E-state index contributed by atoms with van der Waals surface area (Å²) in [6.07, 6.45) is 51.8. The summed E-state index contributed by atoms with van der Waals surface area (Å²) in [5.41, 5.74) is 21.2. The smallest absolute Gasteiger partial charge is 0.223 e. The summed E-state index contributed by atoms with van der Waals surface area (Å²) in [7, 11) is 0. The summed E-state index contributed by atoms with van der Waals surface area (Å²) in [5.74, 6) is 7.33. The molecule has 1 heterocycles. The third kappa shape index (κ3) is 24.9. The van der Waals surface area contributed by atoms with Crippen LogP contribution in [-0.2, 0) is 29.3 Å². The van der Waals surface area contributed by atoms with Gasteiger partial charge in [-0.15, -0.1) is 0 Å². The van der Waals surface area contributed by atoms with Crippen LogP contribution in [0.1, 0.15) is 290 Å². The molecular formula is C61H100N2Ni-2. The van der Waals surface area contributed by atoms with Gasteiger partial charge in [0.2, 0.25) is 11.4 Å². The maximum Gasteiger partial charge on any atom is 0.223 e. The van der Waals surface area contributed by atoms with Crippen molar-refractivity contribution in [2.24, 2.45) is 0 Å². The average molecular weight is 920 g/mol. The topological polar surface area (TPSA) is 25.3 Å². The van der Waals surface area contributed by atoms with Gasteiger partial charge in [0.1, 0.15) is 5.57 Å². The zero-order valence-corrected chi connectivity index (χ0v) is 43.4. The SMILES string of the molecule is CCCCCCCCCCCCCCCCCCCCCCCCCCCC#CC1=C(c2cccc(CCCCCC)c2)[N+](=[N-])C(c2cccc(CCCCCC)c2)=C1CCCC.[H-].[H-].[Ni]. The second-order valence-corrected chi connectivity index (χ2v) is 19.5. The van der Waals surface area contributed by atoms with Gasteiger partial charge >= 0.3 is 0 Å². The number of allylic oxidation sites excluding steroid dienone is 2. The maximum absolute atomic E-state index is 12.2. The van der Waals surface area contributed by atoms with E-state index in [1.165, 1.54) is 227 Å². The van der Waals surface area contributed by atoms with Crippen molar-refractivity contribution in [2.45, 2.75) is 278 Å². The minimum absolute atomic E-state index is 0. The van der Waals surface area contributed by atoms with Crippen molar-refractivity contribution in [3.05, 3.63) is 87.5 Å². The number of benzene rings is 2. The van der Waals surface area contributed by atoms with Gasteiger partial charge in [-0.2, -0.15) is 0 Å². The molecule has 366 valence electrons. The minimum Gasteiger partial charge on any atom is -1.00 e. The normalized spacial score (nSPS) is 12.6. The van der Waals surface area contributed by atoms with Crippen LogP contribution >= 0.6 is 0 Å². The molecule has 0 atom stereocenters.